The van der Waals surface area contributed by atoms with Gasteiger partial charge in [0.1, 0.15) is 23.9 Å². The summed E-state index contributed by atoms with van der Waals surface area (Å²) in [4.78, 5) is 24.1. The molecule has 27 heavy (non-hydrogen) atoms. The van der Waals surface area contributed by atoms with Crippen LogP contribution in [-0.2, 0) is 4.79 Å². The maximum absolute atomic E-state index is 12.2. The van der Waals surface area contributed by atoms with Gasteiger partial charge in [-0.15, -0.1) is 0 Å². The Morgan fingerprint density at radius 2 is 1.52 bits per heavy atom. The average molecular weight is 372 g/mol. The van der Waals surface area contributed by atoms with Crippen LogP contribution in [0.1, 0.15) is 15.9 Å². The van der Waals surface area contributed by atoms with Crippen molar-refractivity contribution in [3.8, 4) is 17.2 Å². The fraction of sp³-hybridized carbons (Fsp3) is 0.300. The monoisotopic (exact) mass is 372 g/mol. The van der Waals surface area contributed by atoms with Crippen molar-refractivity contribution < 1.29 is 23.8 Å². The minimum atomic E-state index is -0.391. The molecule has 0 aliphatic carbocycles. The van der Waals surface area contributed by atoms with E-state index in [0.29, 0.717) is 30.2 Å². The molecule has 0 saturated heterocycles. The molecule has 7 nitrogen and oxygen atoms in total. The summed E-state index contributed by atoms with van der Waals surface area (Å²) < 4.78 is 15.8. The minimum Gasteiger partial charge on any atom is -0.497 e. The Morgan fingerprint density at radius 1 is 0.889 bits per heavy atom. The van der Waals surface area contributed by atoms with Crippen molar-refractivity contribution in [2.45, 2.75) is 6.92 Å². The highest BCUT2D eigenvalue weighted by atomic mass is 16.5. The van der Waals surface area contributed by atoms with Gasteiger partial charge in [0.15, 0.2) is 0 Å². The molecule has 0 aliphatic rings. The molecule has 144 valence electrons. The number of rotatable bonds is 9. The van der Waals surface area contributed by atoms with Crippen LogP contribution in [0, 0.1) is 6.92 Å². The van der Waals surface area contributed by atoms with Gasteiger partial charge < -0.3 is 24.8 Å². The molecule has 2 amide bonds. The molecule has 0 aromatic heterocycles. The number of hydrogen-bond donors (Lipinski definition) is 2. The lowest BCUT2D eigenvalue weighted by atomic mass is 10.2. The topological polar surface area (TPSA) is 85.9 Å². The van der Waals surface area contributed by atoms with Crippen LogP contribution in [0.3, 0.4) is 0 Å². The van der Waals surface area contributed by atoms with E-state index < -0.39 is 5.91 Å². The van der Waals surface area contributed by atoms with Crippen LogP contribution in [0.15, 0.2) is 42.5 Å². The maximum Gasteiger partial charge on any atom is 0.251 e. The summed E-state index contributed by atoms with van der Waals surface area (Å²) in [5.74, 6) is 1.05. The standard InChI is InChI=1S/C20H24N2O5/c1-14-4-6-16(7-5-14)27-9-8-21-19(23)13-22-20(24)15-10-17(25-2)12-18(11-15)26-3/h4-7,10-12H,8-9,13H2,1-3H3,(H,21,23)(H,22,24). The van der Waals surface area contributed by atoms with Crippen LogP contribution in [0.5, 0.6) is 17.2 Å². The molecular weight excluding hydrogens is 348 g/mol. The van der Waals surface area contributed by atoms with Gasteiger partial charge in [-0.3, -0.25) is 9.59 Å². The summed E-state index contributed by atoms with van der Waals surface area (Å²) >= 11 is 0. The highest BCUT2D eigenvalue weighted by Gasteiger charge is 2.11. The molecular formula is C20H24N2O5. The van der Waals surface area contributed by atoms with Crippen LogP contribution >= 0.6 is 0 Å². The summed E-state index contributed by atoms with van der Waals surface area (Å²) in [5, 5.41) is 5.25. The van der Waals surface area contributed by atoms with Crippen LogP contribution in [-0.4, -0.2) is 45.7 Å². The molecule has 2 aromatic rings. The van der Waals surface area contributed by atoms with Gasteiger partial charge in [0.25, 0.3) is 5.91 Å². The van der Waals surface area contributed by atoms with Gasteiger partial charge in [0.2, 0.25) is 5.91 Å². The lowest BCUT2D eigenvalue weighted by Gasteiger charge is -2.10. The van der Waals surface area contributed by atoms with Crippen LogP contribution in [0.4, 0.5) is 0 Å². The normalized spacial score (nSPS) is 10.0. The minimum absolute atomic E-state index is 0.136. The molecule has 2 N–H and O–H groups in total. The van der Waals surface area contributed by atoms with Crippen LogP contribution < -0.4 is 24.8 Å². The Hall–Kier alpha value is -3.22. The molecule has 0 bridgehead atoms. The summed E-state index contributed by atoms with van der Waals surface area (Å²) in [5.41, 5.74) is 1.50. The van der Waals surface area contributed by atoms with Crippen molar-refractivity contribution in [2.24, 2.45) is 0 Å². The van der Waals surface area contributed by atoms with Gasteiger partial charge in [0, 0.05) is 11.6 Å². The molecule has 0 atom stereocenters. The number of ether oxygens (including phenoxy) is 3. The summed E-state index contributed by atoms with van der Waals surface area (Å²) in [6, 6.07) is 12.5. The summed E-state index contributed by atoms with van der Waals surface area (Å²) in [6.45, 7) is 2.55. The molecule has 2 rings (SSSR count). The first-order valence-electron chi connectivity index (χ1n) is 8.49. The predicted octanol–water partition coefficient (Wildman–Crippen LogP) is 1.94. The third kappa shape index (κ3) is 6.54. The number of benzene rings is 2. The third-order valence-corrected chi connectivity index (χ3v) is 3.74. The highest BCUT2D eigenvalue weighted by molar-refractivity contribution is 5.97. The first-order chi connectivity index (χ1) is 13.0. The van der Waals surface area contributed by atoms with Gasteiger partial charge in [0.05, 0.1) is 27.3 Å². The van der Waals surface area contributed by atoms with E-state index in [-0.39, 0.29) is 12.5 Å². The van der Waals surface area contributed by atoms with E-state index in [1.807, 2.05) is 31.2 Å². The van der Waals surface area contributed by atoms with E-state index >= 15 is 0 Å². The first-order valence-corrected chi connectivity index (χ1v) is 8.49. The van der Waals surface area contributed by atoms with E-state index in [1.165, 1.54) is 14.2 Å². The largest absolute Gasteiger partial charge is 0.497 e. The van der Waals surface area contributed by atoms with Gasteiger partial charge in [-0.2, -0.15) is 0 Å². The van der Waals surface area contributed by atoms with Crippen molar-refractivity contribution in [2.75, 3.05) is 33.9 Å². The fourth-order valence-corrected chi connectivity index (χ4v) is 2.26. The molecule has 0 aliphatic heterocycles. The van der Waals surface area contributed by atoms with E-state index in [2.05, 4.69) is 10.6 Å². The Labute approximate surface area is 158 Å². The molecule has 7 heteroatoms. The lowest BCUT2D eigenvalue weighted by molar-refractivity contribution is -0.120. The quantitative estimate of drug-likeness (QED) is 0.657. The lowest BCUT2D eigenvalue weighted by Crippen LogP contribution is -2.38. The average Bonchev–Trinajstić information content (AvgIpc) is 2.70. The zero-order chi connectivity index (χ0) is 19.6. The number of methoxy groups -OCH3 is 2. The number of aryl methyl sites for hydroxylation is 1. The van der Waals surface area contributed by atoms with Crippen molar-refractivity contribution in [1.29, 1.82) is 0 Å². The number of carbonyl (C=O) groups is 2. The second-order valence-corrected chi connectivity index (χ2v) is 5.80. The first kappa shape index (κ1) is 20.1. The Balaban J connectivity index is 1.73. The Morgan fingerprint density at radius 3 is 2.11 bits per heavy atom. The molecule has 2 aromatic carbocycles. The SMILES string of the molecule is COc1cc(OC)cc(C(=O)NCC(=O)NCCOc2ccc(C)cc2)c1. The zero-order valence-electron chi connectivity index (χ0n) is 15.7. The van der Waals surface area contributed by atoms with E-state index in [9.17, 15) is 9.59 Å². The zero-order valence-corrected chi connectivity index (χ0v) is 15.7. The Kier molecular flexibility index (Phi) is 7.49. The number of hydrogen-bond acceptors (Lipinski definition) is 5. The number of amides is 2. The van der Waals surface area contributed by atoms with Crippen molar-refractivity contribution >= 4 is 11.8 Å². The fourth-order valence-electron chi connectivity index (χ4n) is 2.26. The third-order valence-electron chi connectivity index (χ3n) is 3.74. The molecule has 0 radical (unpaired) electrons. The van der Waals surface area contributed by atoms with Crippen molar-refractivity contribution in [1.82, 2.24) is 10.6 Å². The van der Waals surface area contributed by atoms with Gasteiger partial charge in [-0.1, -0.05) is 17.7 Å². The molecule has 0 heterocycles. The molecule has 0 spiro atoms. The Bertz CT molecular complexity index is 752. The summed E-state index contributed by atoms with van der Waals surface area (Å²) in [6.07, 6.45) is 0. The predicted molar refractivity (Wildman–Crippen MR) is 102 cm³/mol. The highest BCUT2D eigenvalue weighted by Crippen LogP contribution is 2.22. The molecule has 0 unspecified atom stereocenters. The van der Waals surface area contributed by atoms with Crippen LogP contribution in [0.25, 0.3) is 0 Å². The molecule has 0 fully saturated rings. The van der Waals surface area contributed by atoms with Gasteiger partial charge in [-0.25, -0.2) is 0 Å². The van der Waals surface area contributed by atoms with Gasteiger partial charge in [-0.05, 0) is 31.2 Å². The van der Waals surface area contributed by atoms with Crippen molar-refractivity contribution in [3.05, 3.63) is 53.6 Å². The van der Waals surface area contributed by atoms with E-state index in [4.69, 9.17) is 14.2 Å². The number of carbonyl (C=O) groups excluding carboxylic acids is 2. The summed E-state index contributed by atoms with van der Waals surface area (Å²) in [7, 11) is 3.01. The van der Waals surface area contributed by atoms with E-state index in [0.717, 1.165) is 11.3 Å². The van der Waals surface area contributed by atoms with E-state index in [1.54, 1.807) is 18.2 Å². The second kappa shape index (κ2) is 10.1. The van der Waals surface area contributed by atoms with Crippen LogP contribution in [0.2, 0.25) is 0 Å². The number of nitrogens with one attached hydrogen (secondary N) is 2. The maximum atomic E-state index is 12.2. The smallest absolute Gasteiger partial charge is 0.251 e. The molecule has 0 saturated carbocycles. The second-order valence-electron chi connectivity index (χ2n) is 5.80. The van der Waals surface area contributed by atoms with Crippen molar-refractivity contribution in [3.63, 3.8) is 0 Å². The van der Waals surface area contributed by atoms with Gasteiger partial charge >= 0.3 is 0 Å².